The summed E-state index contributed by atoms with van der Waals surface area (Å²) >= 11 is 0. The van der Waals surface area contributed by atoms with E-state index in [0.29, 0.717) is 18.7 Å². The number of fused-ring (bicyclic) bond motifs is 1. The van der Waals surface area contributed by atoms with Crippen molar-refractivity contribution in [2.24, 2.45) is 0 Å². The zero-order valence-corrected chi connectivity index (χ0v) is 16.9. The average Bonchev–Trinajstić information content (AvgIpc) is 3.24. The van der Waals surface area contributed by atoms with Gasteiger partial charge >= 0.3 is 6.03 Å². The van der Waals surface area contributed by atoms with E-state index in [1.165, 1.54) is 0 Å². The van der Waals surface area contributed by atoms with Crippen molar-refractivity contribution in [2.45, 2.75) is 70.4 Å². The fraction of sp³-hybridized carbons (Fsp3) is 0.650. The van der Waals surface area contributed by atoms with E-state index in [-0.39, 0.29) is 30.2 Å². The van der Waals surface area contributed by atoms with Gasteiger partial charge in [-0.1, -0.05) is 0 Å². The number of urea groups is 1. The minimum atomic E-state index is -1.04. The fourth-order valence-electron chi connectivity index (χ4n) is 4.77. The molecule has 0 saturated carbocycles. The van der Waals surface area contributed by atoms with Crippen molar-refractivity contribution >= 4 is 17.8 Å². The summed E-state index contributed by atoms with van der Waals surface area (Å²) in [5.74, 6) is 0.551. The van der Waals surface area contributed by atoms with Gasteiger partial charge in [-0.15, -0.1) is 0 Å². The van der Waals surface area contributed by atoms with E-state index in [4.69, 9.17) is 0 Å². The monoisotopic (exact) mass is 401 g/mol. The number of imide groups is 1. The van der Waals surface area contributed by atoms with Gasteiger partial charge in [-0.25, -0.2) is 4.79 Å². The molecule has 0 aromatic carbocycles. The van der Waals surface area contributed by atoms with Crippen molar-refractivity contribution in [1.82, 2.24) is 25.1 Å². The lowest BCUT2D eigenvalue weighted by Crippen LogP contribution is -2.46. The third-order valence-electron chi connectivity index (χ3n) is 6.44. The number of hydrogen-bond donors (Lipinski definition) is 2. The molecule has 2 saturated heterocycles. The van der Waals surface area contributed by atoms with Crippen LogP contribution >= 0.6 is 0 Å². The van der Waals surface area contributed by atoms with Crippen molar-refractivity contribution in [3.63, 3.8) is 0 Å². The molecule has 4 amide bonds. The molecule has 2 N–H and O–H groups in total. The van der Waals surface area contributed by atoms with Crippen LogP contribution < -0.4 is 16.2 Å². The molecular weight excluding hydrogens is 374 g/mol. The molecule has 3 aliphatic heterocycles. The highest BCUT2D eigenvalue weighted by molar-refractivity contribution is 6.06. The highest BCUT2D eigenvalue weighted by Gasteiger charge is 2.42. The first-order chi connectivity index (χ1) is 13.8. The molecule has 4 heterocycles. The van der Waals surface area contributed by atoms with Crippen LogP contribution in [0.4, 0.5) is 4.79 Å². The summed E-state index contributed by atoms with van der Waals surface area (Å²) < 4.78 is 2.18. The number of aryl methyl sites for hydroxylation is 1. The van der Waals surface area contributed by atoms with Crippen molar-refractivity contribution < 1.29 is 14.4 Å². The van der Waals surface area contributed by atoms with Crippen LogP contribution in [0.25, 0.3) is 0 Å². The highest BCUT2D eigenvalue weighted by atomic mass is 16.2. The van der Waals surface area contributed by atoms with Gasteiger partial charge in [-0.2, -0.15) is 4.98 Å². The Balaban J connectivity index is 1.47. The Hall–Kier alpha value is -2.71. The lowest BCUT2D eigenvalue weighted by Gasteiger charge is -2.35. The number of piperidine rings is 1. The van der Waals surface area contributed by atoms with Crippen LogP contribution in [0, 0.1) is 6.92 Å². The molecule has 9 heteroatoms. The van der Waals surface area contributed by atoms with E-state index in [1.54, 1.807) is 6.92 Å². The molecule has 2 fully saturated rings. The minimum absolute atomic E-state index is 0.0272. The van der Waals surface area contributed by atoms with Crippen LogP contribution in [-0.4, -0.2) is 50.9 Å². The van der Waals surface area contributed by atoms with Crippen molar-refractivity contribution in [3.8, 4) is 0 Å². The third kappa shape index (κ3) is 3.54. The minimum Gasteiger partial charge on any atom is -0.342 e. The van der Waals surface area contributed by atoms with Crippen LogP contribution in [0.3, 0.4) is 0 Å². The van der Waals surface area contributed by atoms with Gasteiger partial charge in [0.05, 0.1) is 0 Å². The molecule has 0 spiro atoms. The van der Waals surface area contributed by atoms with E-state index in [2.05, 4.69) is 20.2 Å². The number of hydrogen-bond acceptors (Lipinski definition) is 5. The number of aromatic nitrogens is 2. The van der Waals surface area contributed by atoms with E-state index >= 15 is 0 Å². The first-order valence-electron chi connectivity index (χ1n) is 10.3. The summed E-state index contributed by atoms with van der Waals surface area (Å²) in [5, 5.41) is 4.82. The summed E-state index contributed by atoms with van der Waals surface area (Å²) in [6.07, 6.45) is 4.06. The Labute approximate surface area is 168 Å². The smallest absolute Gasteiger partial charge is 0.322 e. The third-order valence-corrected chi connectivity index (χ3v) is 6.44. The quantitative estimate of drug-likeness (QED) is 0.717. The number of nitrogens with one attached hydrogen (secondary N) is 2. The normalized spacial score (nSPS) is 26.3. The summed E-state index contributed by atoms with van der Waals surface area (Å²) in [4.78, 5) is 54.6. The number of likely N-dealkylation sites (tertiary alicyclic amines) is 1. The second-order valence-electron chi connectivity index (χ2n) is 8.52. The predicted molar refractivity (Wildman–Crippen MR) is 104 cm³/mol. The maximum atomic E-state index is 12.8. The Bertz CT molecular complexity index is 940. The number of nitrogens with zero attached hydrogens (tertiary/aromatic N) is 3. The van der Waals surface area contributed by atoms with Gasteiger partial charge in [0.1, 0.15) is 11.4 Å². The summed E-state index contributed by atoms with van der Waals surface area (Å²) in [5.41, 5.74) is 0.516. The van der Waals surface area contributed by atoms with E-state index in [0.717, 1.165) is 43.7 Å². The zero-order valence-electron chi connectivity index (χ0n) is 16.9. The van der Waals surface area contributed by atoms with E-state index < -0.39 is 17.5 Å². The molecule has 156 valence electrons. The number of rotatable bonds is 4. The lowest BCUT2D eigenvalue weighted by molar-refractivity contribution is -0.133. The van der Waals surface area contributed by atoms with Gasteiger partial charge in [0.25, 0.3) is 11.5 Å². The molecule has 3 aliphatic rings. The van der Waals surface area contributed by atoms with E-state index in [1.807, 2.05) is 11.8 Å². The first kappa shape index (κ1) is 19.6. The van der Waals surface area contributed by atoms with Crippen molar-refractivity contribution in [3.05, 3.63) is 27.4 Å². The first-order valence-corrected chi connectivity index (χ1v) is 10.3. The van der Waals surface area contributed by atoms with Gasteiger partial charge in [-0.3, -0.25) is 19.7 Å². The molecule has 9 nitrogen and oxygen atoms in total. The maximum Gasteiger partial charge on any atom is 0.322 e. The second kappa shape index (κ2) is 7.27. The molecule has 0 bridgehead atoms. The molecule has 2 unspecified atom stereocenters. The maximum absolute atomic E-state index is 12.8. The SMILES string of the molecule is Cc1c(C2CCCN(C(=O)CCC3(C)NC(=O)NC3=O)C2)n2c(nc1=O)CCC2. The van der Waals surface area contributed by atoms with Crippen molar-refractivity contribution in [1.29, 1.82) is 0 Å². The Morgan fingerprint density at radius 2 is 2.03 bits per heavy atom. The van der Waals surface area contributed by atoms with Crippen LogP contribution in [-0.2, 0) is 22.6 Å². The van der Waals surface area contributed by atoms with Gasteiger partial charge < -0.3 is 14.8 Å². The fourth-order valence-corrected chi connectivity index (χ4v) is 4.77. The molecule has 1 aromatic rings. The lowest BCUT2D eigenvalue weighted by atomic mass is 9.91. The molecule has 0 radical (unpaired) electrons. The van der Waals surface area contributed by atoms with Crippen LogP contribution in [0.15, 0.2) is 4.79 Å². The van der Waals surface area contributed by atoms with Gasteiger partial charge in [-0.05, 0) is 39.5 Å². The Morgan fingerprint density at radius 1 is 1.24 bits per heavy atom. The molecule has 1 aromatic heterocycles. The van der Waals surface area contributed by atoms with Crippen LogP contribution in [0.2, 0.25) is 0 Å². The summed E-state index contributed by atoms with van der Waals surface area (Å²) in [7, 11) is 0. The molecule has 0 aliphatic carbocycles. The topological polar surface area (TPSA) is 113 Å². The molecular formula is C20H27N5O4. The van der Waals surface area contributed by atoms with Crippen LogP contribution in [0.1, 0.15) is 62.0 Å². The van der Waals surface area contributed by atoms with Crippen molar-refractivity contribution in [2.75, 3.05) is 13.1 Å². The second-order valence-corrected chi connectivity index (χ2v) is 8.52. The van der Waals surface area contributed by atoms with Gasteiger partial charge in [0.2, 0.25) is 5.91 Å². The number of carbonyl (C=O) groups excluding carboxylic acids is 3. The number of amides is 4. The predicted octanol–water partition coefficient (Wildman–Crippen LogP) is 0.582. The Morgan fingerprint density at radius 3 is 2.76 bits per heavy atom. The largest absolute Gasteiger partial charge is 0.342 e. The molecule has 2 atom stereocenters. The van der Waals surface area contributed by atoms with Gasteiger partial charge in [0.15, 0.2) is 0 Å². The molecule has 29 heavy (non-hydrogen) atoms. The molecule has 4 rings (SSSR count). The zero-order chi connectivity index (χ0) is 20.8. The van der Waals surface area contributed by atoms with Gasteiger partial charge in [0, 0.05) is 49.7 Å². The summed E-state index contributed by atoms with van der Waals surface area (Å²) in [6, 6.07) is -0.518. The highest BCUT2D eigenvalue weighted by Crippen LogP contribution is 2.31. The van der Waals surface area contributed by atoms with E-state index in [9.17, 15) is 19.2 Å². The summed E-state index contributed by atoms with van der Waals surface area (Å²) in [6.45, 7) is 5.58. The Kier molecular flexibility index (Phi) is 4.92. The van der Waals surface area contributed by atoms with Crippen LogP contribution in [0.5, 0.6) is 0 Å². The number of carbonyl (C=O) groups is 3. The average molecular weight is 401 g/mol. The standard InChI is InChI=1S/C20H27N5O4/c1-12-16(25-10-4-6-14(25)21-17(12)27)13-5-3-9-24(11-13)15(26)7-8-20(2)18(28)22-19(29)23-20/h13H,3-11H2,1-2H3,(H2,22,23,28,29).